The number of pyridine rings is 1. The number of rotatable bonds is 3. The van der Waals surface area contributed by atoms with Crippen LogP contribution in [0.3, 0.4) is 0 Å². The average Bonchev–Trinajstić information content (AvgIpc) is 2.47. The lowest BCUT2D eigenvalue weighted by Gasteiger charge is -2.39. The van der Waals surface area contributed by atoms with E-state index in [4.69, 9.17) is 4.98 Å². The van der Waals surface area contributed by atoms with Crippen LogP contribution in [0.4, 0.5) is 0 Å². The summed E-state index contributed by atoms with van der Waals surface area (Å²) >= 11 is 0. The number of likely N-dealkylation sites (tertiary alicyclic amines) is 1. The van der Waals surface area contributed by atoms with Crippen molar-refractivity contribution in [1.29, 1.82) is 0 Å². The van der Waals surface area contributed by atoms with E-state index >= 15 is 0 Å². The number of para-hydroxylation sites is 1. The zero-order valence-electron chi connectivity index (χ0n) is 12.3. The highest BCUT2D eigenvalue weighted by molar-refractivity contribution is 5.78. The summed E-state index contributed by atoms with van der Waals surface area (Å²) < 4.78 is 0. The molecule has 106 valence electrons. The molecule has 1 N–H and O–H groups in total. The SMILES string of the molecule is CNCC1CCCN(C)C1c1ccc2ccccc2n1. The zero-order chi connectivity index (χ0) is 13.9. The van der Waals surface area contributed by atoms with Gasteiger partial charge in [-0.05, 0) is 58.1 Å². The van der Waals surface area contributed by atoms with E-state index in [9.17, 15) is 0 Å². The molecule has 3 heteroatoms. The molecular formula is C17H23N3. The number of piperidine rings is 1. The largest absolute Gasteiger partial charge is 0.319 e. The van der Waals surface area contributed by atoms with E-state index in [1.165, 1.54) is 30.5 Å². The Morgan fingerprint density at radius 2 is 2.10 bits per heavy atom. The van der Waals surface area contributed by atoms with Gasteiger partial charge in [-0.3, -0.25) is 9.88 Å². The molecule has 0 saturated carbocycles. The highest BCUT2D eigenvalue weighted by Gasteiger charge is 2.30. The second kappa shape index (κ2) is 5.90. The molecular weight excluding hydrogens is 246 g/mol. The maximum atomic E-state index is 4.91. The third kappa shape index (κ3) is 2.56. The lowest BCUT2D eigenvalue weighted by atomic mass is 9.87. The molecule has 1 aliphatic rings. The monoisotopic (exact) mass is 269 g/mol. The zero-order valence-corrected chi connectivity index (χ0v) is 12.3. The molecule has 2 atom stereocenters. The molecule has 1 aromatic heterocycles. The minimum Gasteiger partial charge on any atom is -0.319 e. The van der Waals surface area contributed by atoms with Crippen molar-refractivity contribution in [3.8, 4) is 0 Å². The smallest absolute Gasteiger partial charge is 0.0706 e. The highest BCUT2D eigenvalue weighted by Crippen LogP contribution is 2.34. The second-order valence-corrected chi connectivity index (χ2v) is 5.81. The molecule has 3 rings (SSSR count). The molecule has 20 heavy (non-hydrogen) atoms. The Balaban J connectivity index is 1.97. The van der Waals surface area contributed by atoms with Crippen LogP contribution in [0, 0.1) is 5.92 Å². The van der Waals surface area contributed by atoms with Crippen molar-refractivity contribution in [3.05, 3.63) is 42.1 Å². The Morgan fingerprint density at radius 1 is 1.25 bits per heavy atom. The summed E-state index contributed by atoms with van der Waals surface area (Å²) in [6.45, 7) is 2.23. The van der Waals surface area contributed by atoms with E-state index in [1.54, 1.807) is 0 Å². The van der Waals surface area contributed by atoms with Crippen LogP contribution in [-0.2, 0) is 0 Å². The van der Waals surface area contributed by atoms with E-state index in [0.717, 1.165) is 12.1 Å². The second-order valence-electron chi connectivity index (χ2n) is 5.81. The Kier molecular flexibility index (Phi) is 3.99. The number of benzene rings is 1. The first-order valence-corrected chi connectivity index (χ1v) is 7.50. The van der Waals surface area contributed by atoms with Gasteiger partial charge < -0.3 is 5.32 Å². The Morgan fingerprint density at radius 3 is 2.95 bits per heavy atom. The van der Waals surface area contributed by atoms with Crippen LogP contribution in [0.25, 0.3) is 10.9 Å². The Labute approximate surface area is 121 Å². The molecule has 0 amide bonds. The van der Waals surface area contributed by atoms with E-state index in [1.807, 2.05) is 7.05 Å². The van der Waals surface area contributed by atoms with Crippen LogP contribution in [0.1, 0.15) is 24.6 Å². The summed E-state index contributed by atoms with van der Waals surface area (Å²) in [5.74, 6) is 0.646. The minimum absolute atomic E-state index is 0.431. The topological polar surface area (TPSA) is 28.2 Å². The third-order valence-corrected chi connectivity index (χ3v) is 4.40. The molecule has 1 aliphatic heterocycles. The van der Waals surface area contributed by atoms with Crippen molar-refractivity contribution in [2.24, 2.45) is 5.92 Å². The molecule has 0 bridgehead atoms. The van der Waals surface area contributed by atoms with Crippen molar-refractivity contribution in [2.45, 2.75) is 18.9 Å². The molecule has 3 nitrogen and oxygen atoms in total. The number of hydrogen-bond acceptors (Lipinski definition) is 3. The van der Waals surface area contributed by atoms with E-state index < -0.39 is 0 Å². The molecule has 2 unspecified atom stereocenters. The summed E-state index contributed by atoms with van der Waals surface area (Å²) in [4.78, 5) is 7.37. The van der Waals surface area contributed by atoms with E-state index in [0.29, 0.717) is 12.0 Å². The highest BCUT2D eigenvalue weighted by atomic mass is 15.2. The predicted molar refractivity (Wildman–Crippen MR) is 83.8 cm³/mol. The first-order chi connectivity index (χ1) is 9.79. The van der Waals surface area contributed by atoms with Crippen molar-refractivity contribution in [3.63, 3.8) is 0 Å². The maximum Gasteiger partial charge on any atom is 0.0706 e. The van der Waals surface area contributed by atoms with Gasteiger partial charge in [0.2, 0.25) is 0 Å². The van der Waals surface area contributed by atoms with Gasteiger partial charge >= 0.3 is 0 Å². The number of nitrogens with zero attached hydrogens (tertiary/aromatic N) is 2. The van der Waals surface area contributed by atoms with Crippen LogP contribution in [0.15, 0.2) is 36.4 Å². The first-order valence-electron chi connectivity index (χ1n) is 7.50. The number of aromatic nitrogens is 1. The van der Waals surface area contributed by atoms with Crippen molar-refractivity contribution in [1.82, 2.24) is 15.2 Å². The molecule has 2 heterocycles. The van der Waals surface area contributed by atoms with Gasteiger partial charge in [0, 0.05) is 5.39 Å². The number of hydrogen-bond donors (Lipinski definition) is 1. The quantitative estimate of drug-likeness (QED) is 0.928. The molecule has 2 aromatic rings. The van der Waals surface area contributed by atoms with Crippen LogP contribution < -0.4 is 5.32 Å². The van der Waals surface area contributed by atoms with Gasteiger partial charge in [0.25, 0.3) is 0 Å². The van der Waals surface area contributed by atoms with Gasteiger partial charge in [-0.15, -0.1) is 0 Å². The van der Waals surface area contributed by atoms with Crippen LogP contribution in [-0.4, -0.2) is 37.1 Å². The fourth-order valence-electron chi connectivity index (χ4n) is 3.45. The molecule has 0 spiro atoms. The van der Waals surface area contributed by atoms with Gasteiger partial charge in [-0.25, -0.2) is 0 Å². The number of fused-ring (bicyclic) bond motifs is 1. The fourth-order valence-corrected chi connectivity index (χ4v) is 3.45. The van der Waals surface area contributed by atoms with Crippen molar-refractivity contribution in [2.75, 3.05) is 27.2 Å². The molecule has 0 radical (unpaired) electrons. The molecule has 1 fully saturated rings. The summed E-state index contributed by atoms with van der Waals surface area (Å²) in [6, 6.07) is 13.2. The lowest BCUT2D eigenvalue weighted by Crippen LogP contribution is -2.40. The van der Waals surface area contributed by atoms with Gasteiger partial charge in [0.1, 0.15) is 0 Å². The molecule has 0 aliphatic carbocycles. The molecule has 1 saturated heterocycles. The third-order valence-electron chi connectivity index (χ3n) is 4.40. The lowest BCUT2D eigenvalue weighted by molar-refractivity contribution is 0.118. The van der Waals surface area contributed by atoms with Gasteiger partial charge in [-0.1, -0.05) is 24.3 Å². The predicted octanol–water partition coefficient (Wildman–Crippen LogP) is 2.84. The summed E-state index contributed by atoms with van der Waals surface area (Å²) in [6.07, 6.45) is 2.57. The summed E-state index contributed by atoms with van der Waals surface area (Å²) in [7, 11) is 4.27. The normalized spacial score (nSPS) is 24.1. The van der Waals surface area contributed by atoms with Crippen LogP contribution in [0.5, 0.6) is 0 Å². The Bertz CT molecular complexity index is 579. The van der Waals surface area contributed by atoms with Crippen molar-refractivity contribution < 1.29 is 0 Å². The minimum atomic E-state index is 0.431. The number of nitrogens with one attached hydrogen (secondary N) is 1. The summed E-state index contributed by atoms with van der Waals surface area (Å²) in [5, 5.41) is 4.56. The van der Waals surface area contributed by atoms with E-state index in [2.05, 4.69) is 53.7 Å². The van der Waals surface area contributed by atoms with Gasteiger partial charge in [0.15, 0.2) is 0 Å². The fraction of sp³-hybridized carbons (Fsp3) is 0.471. The summed E-state index contributed by atoms with van der Waals surface area (Å²) in [5.41, 5.74) is 2.32. The van der Waals surface area contributed by atoms with Gasteiger partial charge in [-0.2, -0.15) is 0 Å². The van der Waals surface area contributed by atoms with E-state index in [-0.39, 0.29) is 0 Å². The van der Waals surface area contributed by atoms with Crippen LogP contribution in [0.2, 0.25) is 0 Å². The van der Waals surface area contributed by atoms with Gasteiger partial charge in [0.05, 0.1) is 17.3 Å². The van der Waals surface area contributed by atoms with Crippen LogP contribution >= 0.6 is 0 Å². The average molecular weight is 269 g/mol. The van der Waals surface area contributed by atoms with Crippen molar-refractivity contribution >= 4 is 10.9 Å². The molecule has 1 aromatic carbocycles. The Hall–Kier alpha value is -1.45. The maximum absolute atomic E-state index is 4.91. The standard InChI is InChI=1S/C17H23N3/c1-18-12-14-7-5-11-20(2)17(14)16-10-9-13-6-3-4-8-15(13)19-16/h3-4,6,8-10,14,17-18H,5,7,11-12H2,1-2H3. The first kappa shape index (κ1) is 13.5.